The fourth-order valence-electron chi connectivity index (χ4n) is 0.674. The van der Waals surface area contributed by atoms with Crippen LogP contribution in [-0.2, 0) is 9.84 Å². The van der Waals surface area contributed by atoms with Gasteiger partial charge >= 0.3 is 0 Å². The van der Waals surface area contributed by atoms with E-state index in [1.54, 1.807) is 6.07 Å². The summed E-state index contributed by atoms with van der Waals surface area (Å²) in [4.78, 5) is 3.68. The molecule has 76 valence electrons. The van der Waals surface area contributed by atoms with Gasteiger partial charge in [-0.3, -0.25) is 0 Å². The largest absolute Gasteiger partial charge is 0.221 e. The number of alkyl halides is 1. The van der Waals surface area contributed by atoms with Gasteiger partial charge in [-0.15, -0.1) is 11.6 Å². The van der Waals surface area contributed by atoms with Crippen LogP contribution in [0.5, 0.6) is 0 Å². The number of nitriles is 1. The molecule has 0 saturated heterocycles. The Hall–Kier alpha value is -0.350. The molecule has 1 aromatic rings. The summed E-state index contributed by atoms with van der Waals surface area (Å²) < 4.78 is 22.7. The third kappa shape index (κ3) is 2.36. The number of aromatic nitrogens is 1. The van der Waals surface area contributed by atoms with Gasteiger partial charge in [-0.1, -0.05) is 22.9 Å². The van der Waals surface area contributed by atoms with Gasteiger partial charge in [0.2, 0.25) is 14.2 Å². The summed E-state index contributed by atoms with van der Waals surface area (Å²) in [6.45, 7) is 0. The van der Waals surface area contributed by atoms with Gasteiger partial charge in [0.15, 0.2) is 5.15 Å². The Morgan fingerprint density at radius 2 is 2.21 bits per heavy atom. The zero-order chi connectivity index (χ0) is 10.8. The molecule has 0 spiro atoms. The van der Waals surface area contributed by atoms with E-state index in [0.29, 0.717) is 0 Å². The number of hydrogen-bond acceptors (Lipinski definition) is 5. The van der Waals surface area contributed by atoms with Crippen molar-refractivity contribution < 1.29 is 8.42 Å². The number of thiazole rings is 1. The molecule has 0 atom stereocenters. The molecule has 0 N–H and O–H groups in total. The molecule has 0 amide bonds. The Bertz CT molecular complexity index is 475. The Morgan fingerprint density at radius 3 is 2.64 bits per heavy atom. The highest BCUT2D eigenvalue weighted by molar-refractivity contribution is 7.93. The Labute approximate surface area is 95.0 Å². The fourth-order valence-corrected chi connectivity index (χ4v) is 3.73. The zero-order valence-electron chi connectivity index (χ0n) is 6.70. The summed E-state index contributed by atoms with van der Waals surface area (Å²) in [6, 6.07) is 1.76. The molecule has 0 bridgehead atoms. The maximum absolute atomic E-state index is 11.4. The highest BCUT2D eigenvalue weighted by atomic mass is 35.5. The second kappa shape index (κ2) is 4.45. The third-order valence-corrected chi connectivity index (χ3v) is 5.21. The van der Waals surface area contributed by atoms with Crippen molar-refractivity contribution in [2.45, 2.75) is 4.34 Å². The first-order chi connectivity index (χ1) is 6.51. The molecule has 0 aliphatic heterocycles. The predicted octanol–water partition coefficient (Wildman–Crippen LogP) is 1.68. The quantitative estimate of drug-likeness (QED) is 0.784. The van der Waals surface area contributed by atoms with Gasteiger partial charge in [0, 0.05) is 5.88 Å². The lowest BCUT2D eigenvalue weighted by molar-refractivity contribution is 0.596. The molecule has 1 aromatic heterocycles. The van der Waals surface area contributed by atoms with Crippen molar-refractivity contribution in [1.82, 2.24) is 4.98 Å². The van der Waals surface area contributed by atoms with Crippen LogP contribution < -0.4 is 0 Å². The summed E-state index contributed by atoms with van der Waals surface area (Å²) >= 11 is 11.6. The first kappa shape index (κ1) is 11.7. The van der Waals surface area contributed by atoms with Gasteiger partial charge < -0.3 is 0 Å². The van der Waals surface area contributed by atoms with E-state index >= 15 is 0 Å². The van der Waals surface area contributed by atoms with Crippen molar-refractivity contribution in [3.63, 3.8) is 0 Å². The van der Waals surface area contributed by atoms with Crippen LogP contribution in [-0.4, -0.2) is 25.0 Å². The minimum Gasteiger partial charge on any atom is -0.221 e. The SMILES string of the molecule is N#Cc1sc(S(=O)(=O)CCCl)nc1Cl. The van der Waals surface area contributed by atoms with Crippen LogP contribution >= 0.6 is 34.5 Å². The van der Waals surface area contributed by atoms with E-state index < -0.39 is 9.84 Å². The smallest absolute Gasteiger partial charge is 0.212 e. The van der Waals surface area contributed by atoms with Crippen molar-refractivity contribution in [3.8, 4) is 6.07 Å². The molecule has 0 saturated carbocycles. The molecule has 0 aliphatic rings. The summed E-state index contributed by atoms with van der Waals surface area (Å²) in [5.41, 5.74) is 0. The molecular formula is C6H4Cl2N2O2S2. The van der Waals surface area contributed by atoms with Gasteiger partial charge in [-0.25, -0.2) is 13.4 Å². The lowest BCUT2D eigenvalue weighted by Crippen LogP contribution is -2.07. The van der Waals surface area contributed by atoms with E-state index in [4.69, 9.17) is 28.5 Å². The molecular weight excluding hydrogens is 267 g/mol. The van der Waals surface area contributed by atoms with Crippen LogP contribution in [0.4, 0.5) is 0 Å². The minimum atomic E-state index is -3.48. The molecule has 14 heavy (non-hydrogen) atoms. The molecule has 0 fully saturated rings. The number of nitrogens with zero attached hydrogens (tertiary/aromatic N) is 2. The maximum atomic E-state index is 11.4. The van der Waals surface area contributed by atoms with Crippen molar-refractivity contribution >= 4 is 44.4 Å². The third-order valence-electron chi connectivity index (χ3n) is 1.28. The Morgan fingerprint density at radius 1 is 1.57 bits per heavy atom. The molecule has 0 aliphatic carbocycles. The summed E-state index contributed by atoms with van der Waals surface area (Å²) in [6.07, 6.45) is 0. The summed E-state index contributed by atoms with van der Waals surface area (Å²) in [5.74, 6) is -0.218. The normalized spacial score (nSPS) is 11.2. The predicted molar refractivity (Wildman–Crippen MR) is 54.6 cm³/mol. The van der Waals surface area contributed by atoms with E-state index in [9.17, 15) is 8.42 Å². The number of sulfone groups is 1. The molecule has 0 aromatic carbocycles. The monoisotopic (exact) mass is 270 g/mol. The number of rotatable bonds is 3. The van der Waals surface area contributed by atoms with E-state index in [0.717, 1.165) is 11.3 Å². The molecule has 0 unspecified atom stereocenters. The van der Waals surface area contributed by atoms with E-state index in [-0.39, 0.29) is 26.0 Å². The van der Waals surface area contributed by atoms with E-state index in [1.165, 1.54) is 0 Å². The van der Waals surface area contributed by atoms with Crippen molar-refractivity contribution in [1.29, 1.82) is 5.26 Å². The van der Waals surface area contributed by atoms with Gasteiger partial charge in [0.25, 0.3) is 0 Å². The second-order valence-corrected chi connectivity index (χ2v) is 6.24. The van der Waals surface area contributed by atoms with Crippen LogP contribution in [0.25, 0.3) is 0 Å². The molecule has 8 heteroatoms. The topological polar surface area (TPSA) is 70.8 Å². The molecule has 4 nitrogen and oxygen atoms in total. The lowest BCUT2D eigenvalue weighted by Gasteiger charge is -1.94. The fraction of sp³-hybridized carbons (Fsp3) is 0.333. The van der Waals surface area contributed by atoms with E-state index in [1.807, 2.05) is 0 Å². The van der Waals surface area contributed by atoms with Crippen LogP contribution in [0.3, 0.4) is 0 Å². The Kier molecular flexibility index (Phi) is 3.72. The lowest BCUT2D eigenvalue weighted by atomic mass is 10.6. The summed E-state index contributed by atoms with van der Waals surface area (Å²) in [7, 11) is -3.48. The number of halogens is 2. The summed E-state index contributed by atoms with van der Waals surface area (Å²) in [5, 5.41) is 8.46. The van der Waals surface area contributed by atoms with Crippen LogP contribution in [0.1, 0.15) is 4.88 Å². The van der Waals surface area contributed by atoms with Crippen molar-refractivity contribution in [2.75, 3.05) is 11.6 Å². The van der Waals surface area contributed by atoms with Gasteiger partial charge in [-0.05, 0) is 0 Å². The highest BCUT2D eigenvalue weighted by Gasteiger charge is 2.21. The van der Waals surface area contributed by atoms with Crippen LogP contribution in [0.15, 0.2) is 4.34 Å². The van der Waals surface area contributed by atoms with Crippen molar-refractivity contribution in [3.05, 3.63) is 10.0 Å². The average molecular weight is 271 g/mol. The highest BCUT2D eigenvalue weighted by Crippen LogP contribution is 2.26. The standard InChI is InChI=1S/C6H4Cl2N2O2S2/c7-1-2-14(11,12)6-10-5(8)4(3-9)13-6/h1-2H2. The van der Waals surface area contributed by atoms with E-state index in [2.05, 4.69) is 4.98 Å². The van der Waals surface area contributed by atoms with Crippen molar-refractivity contribution in [2.24, 2.45) is 0 Å². The van der Waals surface area contributed by atoms with Gasteiger partial charge in [0.05, 0.1) is 5.75 Å². The van der Waals surface area contributed by atoms with Gasteiger partial charge in [0.1, 0.15) is 10.9 Å². The average Bonchev–Trinajstić information content (AvgIpc) is 2.47. The molecule has 1 heterocycles. The Balaban J connectivity index is 3.16. The molecule has 1 rings (SSSR count). The number of hydrogen-bond donors (Lipinski definition) is 0. The maximum Gasteiger partial charge on any atom is 0.212 e. The zero-order valence-corrected chi connectivity index (χ0v) is 9.84. The van der Waals surface area contributed by atoms with Crippen LogP contribution in [0, 0.1) is 11.3 Å². The minimum absolute atomic E-state index is 0.0125. The second-order valence-electron chi connectivity index (χ2n) is 2.22. The first-order valence-electron chi connectivity index (χ1n) is 3.36. The molecule has 0 radical (unpaired) electrons. The van der Waals surface area contributed by atoms with Crippen LogP contribution in [0.2, 0.25) is 5.15 Å². The van der Waals surface area contributed by atoms with Gasteiger partial charge in [-0.2, -0.15) is 5.26 Å². The first-order valence-corrected chi connectivity index (χ1v) is 6.74.